The monoisotopic (exact) mass is 161 g/mol. The van der Waals surface area contributed by atoms with E-state index in [0.717, 1.165) is 11.0 Å². The van der Waals surface area contributed by atoms with Gasteiger partial charge in [-0.2, -0.15) is 5.10 Å². The summed E-state index contributed by atoms with van der Waals surface area (Å²) in [5.41, 5.74) is 2.18. The Morgan fingerprint density at radius 1 is 1.42 bits per heavy atom. The van der Waals surface area contributed by atoms with E-state index in [1.165, 1.54) is 5.56 Å². The van der Waals surface area contributed by atoms with Gasteiger partial charge in [-0.3, -0.25) is 5.10 Å². The second kappa shape index (κ2) is 2.59. The minimum atomic E-state index is 0.521. The Labute approximate surface area is 70.8 Å². The summed E-state index contributed by atoms with van der Waals surface area (Å²) < 4.78 is 0. The van der Waals surface area contributed by atoms with Gasteiger partial charge in [0, 0.05) is 11.6 Å². The third-order valence-electron chi connectivity index (χ3n) is 2.01. The molecule has 0 saturated heterocycles. The average molecular weight is 161 g/mol. The summed E-state index contributed by atoms with van der Waals surface area (Å²) in [5, 5.41) is 7.94. The SMILES string of the molecule is CC(C)c1ccnc2[nH]ncc12. The molecule has 0 amide bonds. The van der Waals surface area contributed by atoms with E-state index in [2.05, 4.69) is 29.0 Å². The molecule has 0 fully saturated rings. The van der Waals surface area contributed by atoms with Crippen molar-refractivity contribution in [2.24, 2.45) is 0 Å². The Hall–Kier alpha value is -1.38. The van der Waals surface area contributed by atoms with E-state index in [0.29, 0.717) is 5.92 Å². The zero-order valence-electron chi connectivity index (χ0n) is 7.20. The van der Waals surface area contributed by atoms with Gasteiger partial charge in [-0.15, -0.1) is 0 Å². The molecule has 2 aromatic heterocycles. The number of pyridine rings is 1. The molecule has 2 heterocycles. The van der Waals surface area contributed by atoms with Crippen LogP contribution in [0.2, 0.25) is 0 Å². The first-order chi connectivity index (χ1) is 5.79. The van der Waals surface area contributed by atoms with Crippen LogP contribution in [0, 0.1) is 0 Å². The van der Waals surface area contributed by atoms with Crippen LogP contribution in [0.1, 0.15) is 25.3 Å². The summed E-state index contributed by atoms with van der Waals surface area (Å²) in [7, 11) is 0. The molecule has 0 spiro atoms. The standard InChI is InChI=1S/C9H11N3/c1-6(2)7-3-4-10-9-8(7)5-11-12-9/h3-6H,1-2H3,(H,10,11,12). The molecule has 2 aromatic rings. The van der Waals surface area contributed by atoms with Crippen molar-refractivity contribution in [1.29, 1.82) is 0 Å². The van der Waals surface area contributed by atoms with Gasteiger partial charge in [0.2, 0.25) is 0 Å². The first-order valence-electron chi connectivity index (χ1n) is 4.07. The minimum Gasteiger partial charge on any atom is -0.261 e. The number of nitrogens with one attached hydrogen (secondary N) is 1. The Morgan fingerprint density at radius 2 is 2.25 bits per heavy atom. The predicted molar refractivity (Wildman–Crippen MR) is 48.0 cm³/mol. The van der Waals surface area contributed by atoms with Crippen LogP contribution in [0.25, 0.3) is 11.0 Å². The van der Waals surface area contributed by atoms with Crippen molar-refractivity contribution in [3.05, 3.63) is 24.0 Å². The summed E-state index contributed by atoms with van der Waals surface area (Å²) in [6.07, 6.45) is 3.65. The second-order valence-corrected chi connectivity index (χ2v) is 3.19. The van der Waals surface area contributed by atoms with E-state index in [-0.39, 0.29) is 0 Å². The summed E-state index contributed by atoms with van der Waals surface area (Å²) in [6, 6.07) is 2.04. The van der Waals surface area contributed by atoms with Gasteiger partial charge < -0.3 is 0 Å². The Kier molecular flexibility index (Phi) is 1.57. The lowest BCUT2D eigenvalue weighted by Crippen LogP contribution is -1.88. The molecule has 0 aliphatic rings. The number of hydrogen-bond donors (Lipinski definition) is 1. The van der Waals surface area contributed by atoms with Crippen LogP contribution < -0.4 is 0 Å². The smallest absolute Gasteiger partial charge is 0.155 e. The maximum atomic E-state index is 4.17. The van der Waals surface area contributed by atoms with Crippen molar-refractivity contribution in [2.75, 3.05) is 0 Å². The van der Waals surface area contributed by atoms with Crippen molar-refractivity contribution < 1.29 is 0 Å². The van der Waals surface area contributed by atoms with Gasteiger partial charge in [0.15, 0.2) is 5.65 Å². The van der Waals surface area contributed by atoms with Crippen LogP contribution in [-0.2, 0) is 0 Å². The van der Waals surface area contributed by atoms with Crippen molar-refractivity contribution in [2.45, 2.75) is 19.8 Å². The fourth-order valence-corrected chi connectivity index (χ4v) is 1.37. The van der Waals surface area contributed by atoms with Gasteiger partial charge in [0.1, 0.15) is 0 Å². The third kappa shape index (κ3) is 0.978. The van der Waals surface area contributed by atoms with Crippen molar-refractivity contribution >= 4 is 11.0 Å². The molecule has 0 aliphatic carbocycles. The average Bonchev–Trinajstić information content (AvgIpc) is 2.49. The molecule has 62 valence electrons. The Bertz CT molecular complexity index is 389. The Morgan fingerprint density at radius 3 is 3.00 bits per heavy atom. The normalized spacial score (nSPS) is 11.2. The second-order valence-electron chi connectivity index (χ2n) is 3.19. The molecule has 2 rings (SSSR count). The quantitative estimate of drug-likeness (QED) is 0.695. The molecule has 1 N–H and O–H groups in total. The van der Waals surface area contributed by atoms with Gasteiger partial charge >= 0.3 is 0 Å². The molecule has 0 atom stereocenters. The number of rotatable bonds is 1. The van der Waals surface area contributed by atoms with Crippen LogP contribution in [0.15, 0.2) is 18.5 Å². The highest BCUT2D eigenvalue weighted by Gasteiger charge is 2.05. The highest BCUT2D eigenvalue weighted by Crippen LogP contribution is 2.21. The maximum absolute atomic E-state index is 4.17. The summed E-state index contributed by atoms with van der Waals surface area (Å²) in [4.78, 5) is 4.17. The summed E-state index contributed by atoms with van der Waals surface area (Å²) >= 11 is 0. The molecule has 0 aromatic carbocycles. The minimum absolute atomic E-state index is 0.521. The van der Waals surface area contributed by atoms with Crippen LogP contribution in [0.3, 0.4) is 0 Å². The number of H-pyrrole nitrogens is 1. The van der Waals surface area contributed by atoms with Crippen LogP contribution in [0.5, 0.6) is 0 Å². The van der Waals surface area contributed by atoms with Gasteiger partial charge in [-0.25, -0.2) is 4.98 Å². The molecular weight excluding hydrogens is 150 g/mol. The van der Waals surface area contributed by atoms with Gasteiger partial charge in [0.05, 0.1) is 6.20 Å². The highest BCUT2D eigenvalue weighted by molar-refractivity contribution is 5.78. The van der Waals surface area contributed by atoms with Crippen LogP contribution >= 0.6 is 0 Å². The van der Waals surface area contributed by atoms with E-state index in [1.54, 1.807) is 0 Å². The van der Waals surface area contributed by atoms with E-state index >= 15 is 0 Å². The number of aromatic amines is 1. The number of aromatic nitrogens is 3. The third-order valence-corrected chi connectivity index (χ3v) is 2.01. The zero-order valence-corrected chi connectivity index (χ0v) is 7.20. The lowest BCUT2D eigenvalue weighted by molar-refractivity contribution is 0.874. The van der Waals surface area contributed by atoms with E-state index in [4.69, 9.17) is 0 Å². The van der Waals surface area contributed by atoms with E-state index in [9.17, 15) is 0 Å². The molecule has 0 bridgehead atoms. The number of fused-ring (bicyclic) bond motifs is 1. The lowest BCUT2D eigenvalue weighted by Gasteiger charge is -2.04. The van der Waals surface area contributed by atoms with Crippen LogP contribution in [0.4, 0.5) is 0 Å². The molecule has 0 aliphatic heterocycles. The predicted octanol–water partition coefficient (Wildman–Crippen LogP) is 2.08. The number of nitrogens with zero attached hydrogens (tertiary/aromatic N) is 2. The van der Waals surface area contributed by atoms with Gasteiger partial charge in [-0.05, 0) is 17.5 Å². The molecular formula is C9H11N3. The largest absolute Gasteiger partial charge is 0.261 e. The van der Waals surface area contributed by atoms with Gasteiger partial charge in [0.25, 0.3) is 0 Å². The zero-order chi connectivity index (χ0) is 8.55. The summed E-state index contributed by atoms with van der Waals surface area (Å²) in [5.74, 6) is 0.521. The molecule has 0 unspecified atom stereocenters. The molecule has 3 heteroatoms. The fraction of sp³-hybridized carbons (Fsp3) is 0.333. The topological polar surface area (TPSA) is 41.6 Å². The molecule has 0 radical (unpaired) electrons. The molecule has 3 nitrogen and oxygen atoms in total. The number of hydrogen-bond acceptors (Lipinski definition) is 2. The highest BCUT2D eigenvalue weighted by atomic mass is 15.1. The Balaban J connectivity index is 2.73. The molecule has 0 saturated carbocycles. The summed E-state index contributed by atoms with van der Waals surface area (Å²) in [6.45, 7) is 4.34. The molecule has 12 heavy (non-hydrogen) atoms. The first kappa shape index (κ1) is 7.28. The van der Waals surface area contributed by atoms with Crippen LogP contribution in [-0.4, -0.2) is 15.2 Å². The van der Waals surface area contributed by atoms with E-state index in [1.807, 2.05) is 18.5 Å². The first-order valence-corrected chi connectivity index (χ1v) is 4.07. The van der Waals surface area contributed by atoms with Crippen molar-refractivity contribution in [3.8, 4) is 0 Å². The maximum Gasteiger partial charge on any atom is 0.155 e. The van der Waals surface area contributed by atoms with Crippen molar-refractivity contribution in [3.63, 3.8) is 0 Å². The van der Waals surface area contributed by atoms with E-state index < -0.39 is 0 Å². The van der Waals surface area contributed by atoms with Crippen molar-refractivity contribution in [1.82, 2.24) is 15.2 Å². The fourth-order valence-electron chi connectivity index (χ4n) is 1.37. The lowest BCUT2D eigenvalue weighted by atomic mass is 10.0. The van der Waals surface area contributed by atoms with Gasteiger partial charge in [-0.1, -0.05) is 13.8 Å².